The number of piperidine rings is 1. The summed E-state index contributed by atoms with van der Waals surface area (Å²) >= 11 is 0. The SMILES string of the molecule is Cc1ccc(NC(=O)N2CCC(Cc3ccccc3)CC2)cc1. The topological polar surface area (TPSA) is 32.3 Å². The lowest BCUT2D eigenvalue weighted by Crippen LogP contribution is -2.41. The van der Waals surface area contributed by atoms with Crippen LogP contribution in [0.1, 0.15) is 24.0 Å². The van der Waals surface area contributed by atoms with E-state index in [1.165, 1.54) is 11.1 Å². The minimum atomic E-state index is 0.0204. The van der Waals surface area contributed by atoms with Crippen LogP contribution in [0.25, 0.3) is 0 Å². The number of nitrogens with one attached hydrogen (secondary N) is 1. The van der Waals surface area contributed by atoms with Gasteiger partial charge >= 0.3 is 6.03 Å². The van der Waals surface area contributed by atoms with Crippen molar-refractivity contribution in [3.8, 4) is 0 Å². The zero-order valence-electron chi connectivity index (χ0n) is 13.7. The van der Waals surface area contributed by atoms with Gasteiger partial charge in [0.1, 0.15) is 0 Å². The smallest absolute Gasteiger partial charge is 0.321 e. The van der Waals surface area contributed by atoms with Gasteiger partial charge in [-0.15, -0.1) is 0 Å². The maximum atomic E-state index is 12.3. The number of carbonyl (C=O) groups is 1. The third-order valence-electron chi connectivity index (χ3n) is 4.57. The molecule has 1 aliphatic heterocycles. The lowest BCUT2D eigenvalue weighted by molar-refractivity contribution is 0.182. The molecule has 3 nitrogen and oxygen atoms in total. The van der Waals surface area contributed by atoms with Gasteiger partial charge in [-0.3, -0.25) is 0 Å². The van der Waals surface area contributed by atoms with Gasteiger partial charge in [0.2, 0.25) is 0 Å². The Balaban J connectivity index is 1.48. The molecule has 2 aromatic carbocycles. The Hall–Kier alpha value is -2.29. The first-order chi connectivity index (χ1) is 11.2. The molecule has 2 aromatic rings. The lowest BCUT2D eigenvalue weighted by Gasteiger charge is -2.32. The number of hydrogen-bond acceptors (Lipinski definition) is 1. The highest BCUT2D eigenvalue weighted by Crippen LogP contribution is 2.22. The Bertz CT molecular complexity index is 628. The van der Waals surface area contributed by atoms with Gasteiger partial charge < -0.3 is 10.2 Å². The minimum Gasteiger partial charge on any atom is -0.325 e. The molecule has 1 N–H and O–H groups in total. The predicted octanol–water partition coefficient (Wildman–Crippen LogP) is 4.48. The Kier molecular flexibility index (Phi) is 4.96. The molecule has 0 spiro atoms. The van der Waals surface area contributed by atoms with Crippen LogP contribution in [0.4, 0.5) is 10.5 Å². The van der Waals surface area contributed by atoms with Crippen LogP contribution in [-0.4, -0.2) is 24.0 Å². The molecule has 23 heavy (non-hydrogen) atoms. The van der Waals surface area contributed by atoms with Crippen molar-refractivity contribution in [1.29, 1.82) is 0 Å². The van der Waals surface area contributed by atoms with E-state index in [-0.39, 0.29) is 6.03 Å². The van der Waals surface area contributed by atoms with Crippen molar-refractivity contribution in [3.05, 3.63) is 65.7 Å². The van der Waals surface area contributed by atoms with Crippen molar-refractivity contribution in [2.75, 3.05) is 18.4 Å². The summed E-state index contributed by atoms with van der Waals surface area (Å²) in [6.07, 6.45) is 3.28. The summed E-state index contributed by atoms with van der Waals surface area (Å²) in [6.45, 7) is 3.73. The number of rotatable bonds is 3. The van der Waals surface area contributed by atoms with Crippen LogP contribution in [0.2, 0.25) is 0 Å². The Morgan fingerprint density at radius 3 is 2.35 bits per heavy atom. The maximum Gasteiger partial charge on any atom is 0.321 e. The molecular weight excluding hydrogens is 284 g/mol. The second-order valence-electron chi connectivity index (χ2n) is 6.42. The van der Waals surface area contributed by atoms with Gasteiger partial charge in [-0.2, -0.15) is 0 Å². The van der Waals surface area contributed by atoms with E-state index in [1.807, 2.05) is 36.1 Å². The third-order valence-corrected chi connectivity index (χ3v) is 4.57. The molecule has 1 aliphatic rings. The number of benzene rings is 2. The fourth-order valence-electron chi connectivity index (χ4n) is 3.13. The van der Waals surface area contributed by atoms with Crippen LogP contribution < -0.4 is 5.32 Å². The van der Waals surface area contributed by atoms with Crippen LogP contribution >= 0.6 is 0 Å². The zero-order valence-corrected chi connectivity index (χ0v) is 13.7. The van der Waals surface area contributed by atoms with Crippen molar-refractivity contribution in [3.63, 3.8) is 0 Å². The Morgan fingerprint density at radius 1 is 1.04 bits per heavy atom. The maximum absolute atomic E-state index is 12.3. The first kappa shape index (κ1) is 15.6. The lowest BCUT2D eigenvalue weighted by atomic mass is 9.90. The monoisotopic (exact) mass is 308 g/mol. The van der Waals surface area contributed by atoms with E-state index in [0.717, 1.165) is 38.0 Å². The van der Waals surface area contributed by atoms with Gasteiger partial charge in [-0.05, 0) is 49.8 Å². The number of carbonyl (C=O) groups excluding carboxylic acids is 1. The highest BCUT2D eigenvalue weighted by Gasteiger charge is 2.22. The summed E-state index contributed by atoms with van der Waals surface area (Å²) < 4.78 is 0. The van der Waals surface area contributed by atoms with Crippen molar-refractivity contribution in [1.82, 2.24) is 4.90 Å². The Labute approximate surface area is 138 Å². The standard InChI is InChI=1S/C20H24N2O/c1-16-7-9-19(10-8-16)21-20(23)22-13-11-18(12-14-22)15-17-5-3-2-4-6-17/h2-10,18H,11-15H2,1H3,(H,21,23). The van der Waals surface area contributed by atoms with E-state index in [1.54, 1.807) is 0 Å². The highest BCUT2D eigenvalue weighted by molar-refractivity contribution is 5.89. The second kappa shape index (κ2) is 7.32. The average Bonchev–Trinajstić information content (AvgIpc) is 2.58. The van der Waals surface area contributed by atoms with Crippen molar-refractivity contribution < 1.29 is 4.79 Å². The van der Waals surface area contributed by atoms with Crippen molar-refractivity contribution in [2.24, 2.45) is 5.92 Å². The van der Waals surface area contributed by atoms with Gasteiger partial charge in [0.15, 0.2) is 0 Å². The molecule has 1 heterocycles. The summed E-state index contributed by atoms with van der Waals surface area (Å²) in [5, 5.41) is 2.99. The van der Waals surface area contributed by atoms with Gasteiger partial charge in [0.25, 0.3) is 0 Å². The molecule has 120 valence electrons. The Morgan fingerprint density at radius 2 is 1.70 bits per heavy atom. The number of hydrogen-bond donors (Lipinski definition) is 1. The molecule has 0 aliphatic carbocycles. The summed E-state index contributed by atoms with van der Waals surface area (Å²) in [7, 11) is 0. The molecule has 2 amide bonds. The van der Waals surface area contributed by atoms with Gasteiger partial charge in [-0.25, -0.2) is 4.79 Å². The first-order valence-electron chi connectivity index (χ1n) is 8.37. The van der Waals surface area contributed by atoms with Crippen LogP contribution in [0.15, 0.2) is 54.6 Å². The molecule has 0 unspecified atom stereocenters. The summed E-state index contributed by atoms with van der Waals surface area (Å²) in [6, 6.07) is 18.6. The molecular formula is C20H24N2O. The van der Waals surface area contributed by atoms with Gasteiger partial charge in [0.05, 0.1) is 0 Å². The molecule has 1 saturated heterocycles. The minimum absolute atomic E-state index is 0.0204. The van der Waals surface area contributed by atoms with E-state index in [4.69, 9.17) is 0 Å². The fraction of sp³-hybridized carbons (Fsp3) is 0.350. The highest BCUT2D eigenvalue weighted by atomic mass is 16.2. The quantitative estimate of drug-likeness (QED) is 0.890. The third kappa shape index (κ3) is 4.35. The molecule has 0 radical (unpaired) electrons. The summed E-state index contributed by atoms with van der Waals surface area (Å²) in [5.74, 6) is 0.681. The number of aryl methyl sites for hydroxylation is 1. The van der Waals surface area contributed by atoms with Gasteiger partial charge in [0, 0.05) is 18.8 Å². The van der Waals surface area contributed by atoms with Crippen LogP contribution in [0, 0.1) is 12.8 Å². The zero-order chi connectivity index (χ0) is 16.1. The molecule has 0 saturated carbocycles. The van der Waals surface area contributed by atoms with E-state index in [0.29, 0.717) is 5.92 Å². The predicted molar refractivity (Wildman–Crippen MR) is 94.6 cm³/mol. The summed E-state index contributed by atoms with van der Waals surface area (Å²) in [5.41, 5.74) is 3.46. The molecule has 0 bridgehead atoms. The van der Waals surface area contributed by atoms with E-state index >= 15 is 0 Å². The van der Waals surface area contributed by atoms with Gasteiger partial charge in [-0.1, -0.05) is 48.0 Å². The normalized spacial score (nSPS) is 15.4. The largest absolute Gasteiger partial charge is 0.325 e. The van der Waals surface area contributed by atoms with E-state index in [9.17, 15) is 4.79 Å². The van der Waals surface area contributed by atoms with E-state index < -0.39 is 0 Å². The van der Waals surface area contributed by atoms with Crippen molar-refractivity contribution >= 4 is 11.7 Å². The van der Waals surface area contributed by atoms with Crippen LogP contribution in [0.5, 0.6) is 0 Å². The van der Waals surface area contributed by atoms with Crippen LogP contribution in [0.3, 0.4) is 0 Å². The van der Waals surface area contributed by atoms with Crippen LogP contribution in [-0.2, 0) is 6.42 Å². The molecule has 3 heteroatoms. The first-order valence-corrected chi connectivity index (χ1v) is 8.37. The van der Waals surface area contributed by atoms with Crippen molar-refractivity contribution in [2.45, 2.75) is 26.2 Å². The number of likely N-dealkylation sites (tertiary alicyclic amines) is 1. The average molecular weight is 308 g/mol. The number of amides is 2. The molecule has 3 rings (SSSR count). The number of anilines is 1. The summed E-state index contributed by atoms with van der Waals surface area (Å²) in [4.78, 5) is 14.3. The fourth-order valence-corrected chi connectivity index (χ4v) is 3.13. The molecule has 0 aromatic heterocycles. The molecule has 0 atom stereocenters. The van der Waals surface area contributed by atoms with E-state index in [2.05, 4.69) is 35.6 Å². The second-order valence-corrected chi connectivity index (χ2v) is 6.42. The number of urea groups is 1. The number of nitrogens with zero attached hydrogens (tertiary/aromatic N) is 1. The molecule has 1 fully saturated rings.